The normalized spacial score (nSPS) is 16.7. The molecule has 1 aromatic heterocycles. The van der Waals surface area contributed by atoms with Gasteiger partial charge in [0.15, 0.2) is 0 Å². The predicted molar refractivity (Wildman–Crippen MR) is 79.4 cm³/mol. The van der Waals surface area contributed by atoms with Crippen LogP contribution in [-0.2, 0) is 16.2 Å². The summed E-state index contributed by atoms with van der Waals surface area (Å²) in [6, 6.07) is 0. The highest BCUT2D eigenvalue weighted by Gasteiger charge is 2.21. The third-order valence-electron chi connectivity index (χ3n) is 3.62. The largest absolute Gasteiger partial charge is 0.375 e. The first-order valence-corrected chi connectivity index (χ1v) is 7.50. The Morgan fingerprint density at radius 3 is 2.45 bits per heavy atom. The van der Waals surface area contributed by atoms with Gasteiger partial charge in [-0.1, -0.05) is 0 Å². The summed E-state index contributed by atoms with van der Waals surface area (Å²) in [5.74, 6) is 0.0704. The Balaban J connectivity index is 1.88. The molecular weight excluding hydrogens is 324 g/mol. The number of hydrogen-bond donors (Lipinski definition) is 0. The minimum Gasteiger partial charge on any atom is -0.375 e. The maximum absolute atomic E-state index is 11.7. The van der Waals surface area contributed by atoms with Crippen molar-refractivity contribution >= 4 is 21.8 Å². The zero-order chi connectivity index (χ0) is 14.7. The van der Waals surface area contributed by atoms with Gasteiger partial charge in [-0.2, -0.15) is 5.10 Å². The Hall–Kier alpha value is -0.920. The Morgan fingerprint density at radius 2 is 1.95 bits per heavy atom. The molecule has 1 fully saturated rings. The van der Waals surface area contributed by atoms with E-state index in [1.165, 1.54) is 0 Å². The number of aryl methyl sites for hydroxylation is 1. The van der Waals surface area contributed by atoms with Crippen molar-refractivity contribution in [3.63, 3.8) is 0 Å². The Bertz CT molecular complexity index is 481. The van der Waals surface area contributed by atoms with Crippen molar-refractivity contribution in [2.75, 3.05) is 39.9 Å². The molecule has 1 saturated heterocycles. The number of amides is 1. The van der Waals surface area contributed by atoms with Gasteiger partial charge in [-0.05, 0) is 29.8 Å². The highest BCUT2D eigenvalue weighted by Crippen LogP contribution is 2.20. The lowest BCUT2D eigenvalue weighted by atomic mass is 10.3. The summed E-state index contributed by atoms with van der Waals surface area (Å²) in [5.41, 5.74) is 2.15. The Labute approximate surface area is 127 Å². The second-order valence-electron chi connectivity index (χ2n) is 5.06. The summed E-state index contributed by atoms with van der Waals surface area (Å²) in [6.07, 6.45) is 0. The minimum atomic E-state index is 0.0704. The van der Waals surface area contributed by atoms with E-state index in [0.29, 0.717) is 0 Å². The fourth-order valence-corrected chi connectivity index (χ4v) is 2.64. The van der Waals surface area contributed by atoms with Gasteiger partial charge in [0.1, 0.15) is 6.61 Å². The Kier molecular flexibility index (Phi) is 5.17. The van der Waals surface area contributed by atoms with E-state index < -0.39 is 0 Å². The van der Waals surface area contributed by atoms with Gasteiger partial charge in [-0.15, -0.1) is 0 Å². The van der Waals surface area contributed by atoms with E-state index in [0.717, 1.165) is 48.7 Å². The summed E-state index contributed by atoms with van der Waals surface area (Å²) in [6.45, 7) is 8.23. The van der Waals surface area contributed by atoms with Crippen molar-refractivity contribution < 1.29 is 9.53 Å². The molecule has 1 aromatic rings. The van der Waals surface area contributed by atoms with Gasteiger partial charge in [0, 0.05) is 33.3 Å². The van der Waals surface area contributed by atoms with Crippen LogP contribution in [0.15, 0.2) is 4.47 Å². The topological polar surface area (TPSA) is 50.6 Å². The van der Waals surface area contributed by atoms with Crippen LogP contribution in [-0.4, -0.2) is 65.4 Å². The molecule has 0 saturated carbocycles. The second kappa shape index (κ2) is 6.69. The fourth-order valence-electron chi connectivity index (χ4n) is 2.36. The standard InChI is InChI=1S/C13H21BrN4O2/c1-10-13(14)11(2)18(15-10)9-16-4-6-17(7-5-16)12(19)8-20-3/h4-9H2,1-3H3. The number of nitrogens with zero attached hydrogens (tertiary/aromatic N) is 4. The zero-order valence-electron chi connectivity index (χ0n) is 12.2. The van der Waals surface area contributed by atoms with E-state index >= 15 is 0 Å². The molecule has 7 heteroatoms. The highest BCUT2D eigenvalue weighted by molar-refractivity contribution is 9.10. The maximum atomic E-state index is 11.7. The number of carbonyl (C=O) groups excluding carboxylic acids is 1. The third kappa shape index (κ3) is 3.39. The number of halogens is 1. The van der Waals surface area contributed by atoms with Crippen molar-refractivity contribution in [1.82, 2.24) is 19.6 Å². The molecule has 6 nitrogen and oxygen atoms in total. The van der Waals surface area contributed by atoms with E-state index in [4.69, 9.17) is 4.74 Å². The molecule has 0 bridgehead atoms. The predicted octanol–water partition coefficient (Wildman–Crippen LogP) is 1.01. The summed E-state index contributed by atoms with van der Waals surface area (Å²) >= 11 is 3.54. The van der Waals surface area contributed by atoms with E-state index in [9.17, 15) is 4.79 Å². The average molecular weight is 345 g/mol. The van der Waals surface area contributed by atoms with Gasteiger partial charge in [-0.3, -0.25) is 14.4 Å². The molecule has 0 radical (unpaired) electrons. The smallest absolute Gasteiger partial charge is 0.248 e. The molecule has 2 rings (SSSR count). The molecule has 112 valence electrons. The van der Waals surface area contributed by atoms with Crippen LogP contribution in [0, 0.1) is 13.8 Å². The lowest BCUT2D eigenvalue weighted by molar-refractivity contribution is -0.137. The SMILES string of the molecule is COCC(=O)N1CCN(Cn2nc(C)c(Br)c2C)CC1. The molecule has 2 heterocycles. The first kappa shape index (κ1) is 15.5. The number of aromatic nitrogens is 2. The first-order valence-electron chi connectivity index (χ1n) is 6.71. The minimum absolute atomic E-state index is 0.0704. The summed E-state index contributed by atoms with van der Waals surface area (Å²) in [5, 5.41) is 4.52. The fraction of sp³-hybridized carbons (Fsp3) is 0.692. The number of carbonyl (C=O) groups is 1. The Morgan fingerprint density at radius 1 is 1.30 bits per heavy atom. The van der Waals surface area contributed by atoms with Crippen LogP contribution >= 0.6 is 15.9 Å². The lowest BCUT2D eigenvalue weighted by Gasteiger charge is -2.34. The number of piperazine rings is 1. The van der Waals surface area contributed by atoms with Gasteiger partial charge in [-0.25, -0.2) is 0 Å². The van der Waals surface area contributed by atoms with Gasteiger partial charge < -0.3 is 9.64 Å². The molecule has 1 amide bonds. The number of hydrogen-bond acceptors (Lipinski definition) is 4. The highest BCUT2D eigenvalue weighted by atomic mass is 79.9. The molecule has 0 aromatic carbocycles. The van der Waals surface area contributed by atoms with Crippen LogP contribution in [0.5, 0.6) is 0 Å². The van der Waals surface area contributed by atoms with Crippen LogP contribution < -0.4 is 0 Å². The monoisotopic (exact) mass is 344 g/mol. The van der Waals surface area contributed by atoms with Crippen molar-refractivity contribution in [2.24, 2.45) is 0 Å². The molecule has 1 aliphatic rings. The summed E-state index contributed by atoms with van der Waals surface area (Å²) in [4.78, 5) is 15.9. The maximum Gasteiger partial charge on any atom is 0.248 e. The zero-order valence-corrected chi connectivity index (χ0v) is 13.8. The van der Waals surface area contributed by atoms with Gasteiger partial charge >= 0.3 is 0 Å². The first-order chi connectivity index (χ1) is 9.52. The molecule has 1 aliphatic heterocycles. The number of methoxy groups -OCH3 is 1. The van der Waals surface area contributed by atoms with Gasteiger partial charge in [0.05, 0.1) is 22.5 Å². The quantitative estimate of drug-likeness (QED) is 0.817. The van der Waals surface area contributed by atoms with E-state index in [1.54, 1.807) is 7.11 Å². The van der Waals surface area contributed by atoms with Crippen molar-refractivity contribution in [2.45, 2.75) is 20.5 Å². The third-order valence-corrected chi connectivity index (χ3v) is 4.77. The molecule has 0 aliphatic carbocycles. The average Bonchev–Trinajstić information content (AvgIpc) is 2.67. The van der Waals surface area contributed by atoms with Crippen LogP contribution in [0.3, 0.4) is 0 Å². The van der Waals surface area contributed by atoms with Gasteiger partial charge in [0.25, 0.3) is 0 Å². The molecular formula is C13H21BrN4O2. The van der Waals surface area contributed by atoms with Crippen LogP contribution in [0.25, 0.3) is 0 Å². The van der Waals surface area contributed by atoms with Crippen LogP contribution in [0.4, 0.5) is 0 Å². The number of rotatable bonds is 4. The van der Waals surface area contributed by atoms with E-state index in [-0.39, 0.29) is 12.5 Å². The van der Waals surface area contributed by atoms with Crippen molar-refractivity contribution in [3.05, 3.63) is 15.9 Å². The molecule has 0 spiro atoms. The van der Waals surface area contributed by atoms with E-state index in [1.807, 2.05) is 16.5 Å². The molecule has 0 N–H and O–H groups in total. The number of ether oxygens (including phenoxy) is 1. The van der Waals surface area contributed by atoms with Crippen LogP contribution in [0.1, 0.15) is 11.4 Å². The van der Waals surface area contributed by atoms with Crippen LogP contribution in [0.2, 0.25) is 0 Å². The summed E-state index contributed by atoms with van der Waals surface area (Å²) in [7, 11) is 1.55. The molecule has 0 unspecified atom stereocenters. The molecule has 0 atom stereocenters. The molecule has 20 heavy (non-hydrogen) atoms. The lowest BCUT2D eigenvalue weighted by Crippen LogP contribution is -2.50. The summed E-state index contributed by atoms with van der Waals surface area (Å²) < 4.78 is 7.97. The van der Waals surface area contributed by atoms with Crippen molar-refractivity contribution in [3.8, 4) is 0 Å². The van der Waals surface area contributed by atoms with Crippen molar-refractivity contribution in [1.29, 1.82) is 0 Å². The van der Waals surface area contributed by atoms with E-state index in [2.05, 4.69) is 32.9 Å². The second-order valence-corrected chi connectivity index (χ2v) is 5.85. The van der Waals surface area contributed by atoms with Gasteiger partial charge in [0.2, 0.25) is 5.91 Å².